The number of anilines is 1. The minimum absolute atomic E-state index is 0.00152. The van der Waals surface area contributed by atoms with Gasteiger partial charge in [-0.1, -0.05) is 18.2 Å². The number of hydrogen-bond acceptors (Lipinski definition) is 6. The van der Waals surface area contributed by atoms with Crippen molar-refractivity contribution in [1.82, 2.24) is 24.3 Å². The summed E-state index contributed by atoms with van der Waals surface area (Å²) in [5.74, 6) is 0.608. The zero-order valence-corrected chi connectivity index (χ0v) is 25.8. The highest BCUT2D eigenvalue weighted by atomic mass is 35.5. The molecule has 1 aromatic carbocycles. The lowest BCUT2D eigenvalue weighted by molar-refractivity contribution is -0.130. The Morgan fingerprint density at radius 3 is 2.60 bits per heavy atom. The fraction of sp³-hybridized carbons (Fsp3) is 0.469. The third kappa shape index (κ3) is 6.85. The molecule has 2 aliphatic rings. The van der Waals surface area contributed by atoms with Gasteiger partial charge in [0.25, 0.3) is 5.91 Å². The van der Waals surface area contributed by atoms with Crippen LogP contribution in [0.5, 0.6) is 5.75 Å². The number of pyridine rings is 1. The van der Waals surface area contributed by atoms with Gasteiger partial charge in [-0.25, -0.2) is 4.98 Å². The number of imidazole rings is 1. The topological polar surface area (TPSA) is 110 Å². The van der Waals surface area contributed by atoms with Crippen molar-refractivity contribution >= 4 is 46.3 Å². The van der Waals surface area contributed by atoms with E-state index in [2.05, 4.69) is 16.9 Å². The Kier molecular flexibility index (Phi) is 9.34. The normalized spacial score (nSPS) is 20.7. The summed E-state index contributed by atoms with van der Waals surface area (Å²) in [4.78, 5) is 50.4. The molecule has 1 atom stereocenters. The third-order valence-corrected chi connectivity index (χ3v) is 8.87. The number of benzene rings is 1. The maximum Gasteiger partial charge on any atom is 0.258 e. The minimum Gasteiger partial charge on any atom is -0.490 e. The van der Waals surface area contributed by atoms with Gasteiger partial charge >= 0.3 is 0 Å². The van der Waals surface area contributed by atoms with Crippen molar-refractivity contribution in [3.63, 3.8) is 0 Å². The number of carbonyl (C=O) groups is 3. The number of halogens is 1. The van der Waals surface area contributed by atoms with Gasteiger partial charge in [-0.15, -0.1) is 0 Å². The van der Waals surface area contributed by atoms with Crippen molar-refractivity contribution in [2.75, 3.05) is 25.5 Å². The molecule has 0 bridgehead atoms. The van der Waals surface area contributed by atoms with Crippen molar-refractivity contribution in [1.29, 1.82) is 0 Å². The first kappa shape index (κ1) is 30.5. The SMILES string of the molecule is C=CC(=O)N1CCCC[C@@H](n2c(NC(=O)c3ccnc(C)c3)nc3cc(OC4CCC(N(C)C(C)=O)CC4)cc(Cl)c32)C1. The fourth-order valence-electron chi connectivity index (χ4n) is 6.19. The number of carbonyl (C=O) groups excluding carboxylic acids is 3. The molecule has 2 fully saturated rings. The molecule has 1 aliphatic carbocycles. The maximum atomic E-state index is 13.3. The molecule has 2 aromatic heterocycles. The predicted octanol–water partition coefficient (Wildman–Crippen LogP) is 5.55. The number of fused-ring (bicyclic) bond motifs is 1. The quantitative estimate of drug-likeness (QED) is 0.353. The van der Waals surface area contributed by atoms with Gasteiger partial charge in [-0.3, -0.25) is 24.7 Å². The van der Waals surface area contributed by atoms with Gasteiger partial charge in [-0.05, 0) is 70.1 Å². The number of likely N-dealkylation sites (tertiary alicyclic amines) is 1. The molecule has 3 aromatic rings. The Morgan fingerprint density at radius 2 is 1.91 bits per heavy atom. The monoisotopic (exact) mass is 606 g/mol. The molecule has 5 rings (SSSR count). The molecule has 3 amide bonds. The second-order valence-corrected chi connectivity index (χ2v) is 11.9. The highest BCUT2D eigenvalue weighted by molar-refractivity contribution is 6.35. The summed E-state index contributed by atoms with van der Waals surface area (Å²) in [5.41, 5.74) is 2.48. The van der Waals surface area contributed by atoms with E-state index in [0.717, 1.165) is 50.6 Å². The second kappa shape index (κ2) is 13.2. The van der Waals surface area contributed by atoms with Crippen LogP contribution in [0, 0.1) is 6.92 Å². The highest BCUT2D eigenvalue weighted by Gasteiger charge is 2.29. The van der Waals surface area contributed by atoms with E-state index in [1.165, 1.54) is 6.08 Å². The summed E-state index contributed by atoms with van der Waals surface area (Å²) in [7, 11) is 1.85. The number of amides is 3. The number of hydrogen-bond donors (Lipinski definition) is 1. The molecule has 0 spiro atoms. The summed E-state index contributed by atoms with van der Waals surface area (Å²) in [6.45, 7) is 8.18. The first-order chi connectivity index (χ1) is 20.6. The van der Waals surface area contributed by atoms with Gasteiger partial charge in [0.05, 0.1) is 28.2 Å². The van der Waals surface area contributed by atoms with Gasteiger partial charge in [0.1, 0.15) is 5.75 Å². The number of nitrogens with one attached hydrogen (secondary N) is 1. The van der Waals surface area contributed by atoms with E-state index in [1.807, 2.05) is 29.5 Å². The number of aryl methyl sites for hydroxylation is 1. The smallest absolute Gasteiger partial charge is 0.258 e. The zero-order chi connectivity index (χ0) is 30.7. The molecule has 43 heavy (non-hydrogen) atoms. The predicted molar refractivity (Wildman–Crippen MR) is 166 cm³/mol. The van der Waals surface area contributed by atoms with Crippen LogP contribution in [-0.2, 0) is 9.59 Å². The second-order valence-electron chi connectivity index (χ2n) is 11.5. The van der Waals surface area contributed by atoms with Gasteiger partial charge in [0, 0.05) is 62.7 Å². The van der Waals surface area contributed by atoms with Crippen LogP contribution < -0.4 is 10.1 Å². The molecule has 3 heterocycles. The van der Waals surface area contributed by atoms with Gasteiger partial charge < -0.3 is 19.1 Å². The van der Waals surface area contributed by atoms with Crippen LogP contribution >= 0.6 is 11.6 Å². The Labute approximate surface area is 257 Å². The van der Waals surface area contributed by atoms with E-state index < -0.39 is 0 Å². The van der Waals surface area contributed by atoms with E-state index in [4.69, 9.17) is 21.3 Å². The first-order valence-corrected chi connectivity index (χ1v) is 15.3. The summed E-state index contributed by atoms with van der Waals surface area (Å²) < 4.78 is 8.34. The molecular weight excluding hydrogens is 568 g/mol. The number of aromatic nitrogens is 3. The largest absolute Gasteiger partial charge is 0.490 e. The molecule has 0 radical (unpaired) electrons. The first-order valence-electron chi connectivity index (χ1n) is 14.9. The summed E-state index contributed by atoms with van der Waals surface area (Å²) >= 11 is 6.96. The van der Waals surface area contributed by atoms with Crippen LogP contribution in [0.25, 0.3) is 11.0 Å². The summed E-state index contributed by atoms with van der Waals surface area (Å²) in [6.07, 6.45) is 8.91. The minimum atomic E-state index is -0.311. The van der Waals surface area contributed by atoms with Crippen LogP contribution in [-0.4, -0.2) is 74.3 Å². The Hall–Kier alpha value is -3.92. The van der Waals surface area contributed by atoms with Crippen molar-refractivity contribution in [3.8, 4) is 5.75 Å². The van der Waals surface area contributed by atoms with Crippen LogP contribution in [0.1, 0.15) is 74.0 Å². The van der Waals surface area contributed by atoms with Crippen molar-refractivity contribution in [3.05, 3.63) is 59.4 Å². The molecule has 10 nitrogen and oxygen atoms in total. The molecule has 228 valence electrons. The number of rotatable bonds is 7. The lowest BCUT2D eigenvalue weighted by Crippen LogP contribution is -2.40. The number of nitrogens with zero attached hydrogens (tertiary/aromatic N) is 5. The van der Waals surface area contributed by atoms with Gasteiger partial charge in [-0.2, -0.15) is 0 Å². The average molecular weight is 607 g/mol. The fourth-order valence-corrected chi connectivity index (χ4v) is 6.49. The van der Waals surface area contributed by atoms with E-state index in [1.54, 1.807) is 36.2 Å². The lowest BCUT2D eigenvalue weighted by atomic mass is 9.92. The van der Waals surface area contributed by atoms with Crippen molar-refractivity contribution in [2.24, 2.45) is 0 Å². The van der Waals surface area contributed by atoms with Crippen LogP contribution in [0.15, 0.2) is 43.1 Å². The van der Waals surface area contributed by atoms with E-state index in [-0.39, 0.29) is 35.9 Å². The Bertz CT molecular complexity index is 1530. The number of ether oxygens (including phenoxy) is 1. The van der Waals surface area contributed by atoms with Crippen molar-refractivity contribution < 1.29 is 19.1 Å². The van der Waals surface area contributed by atoms with E-state index in [0.29, 0.717) is 46.4 Å². The molecule has 0 unspecified atom stereocenters. The van der Waals surface area contributed by atoms with E-state index >= 15 is 0 Å². The standard InChI is InChI=1S/C32H39ClN6O4/c1-5-29(41)38-15-7-6-8-24(19-38)39-30-27(33)17-26(43-25-11-9-23(10-12-25)37(4)21(3)40)18-28(30)35-32(39)36-31(42)22-13-14-34-20(2)16-22/h5,13-14,16-18,23-25H,1,6-12,15,19H2,2-4H3,(H,35,36,42)/t23?,24-,25?/m1/s1. The van der Waals surface area contributed by atoms with Crippen LogP contribution in [0.2, 0.25) is 5.02 Å². The summed E-state index contributed by atoms with van der Waals surface area (Å²) in [6, 6.07) is 7.11. The third-order valence-electron chi connectivity index (χ3n) is 8.59. The highest BCUT2D eigenvalue weighted by Crippen LogP contribution is 2.37. The van der Waals surface area contributed by atoms with E-state index in [9.17, 15) is 14.4 Å². The zero-order valence-electron chi connectivity index (χ0n) is 25.0. The Balaban J connectivity index is 1.47. The van der Waals surface area contributed by atoms with Crippen molar-refractivity contribution in [2.45, 2.75) is 77.0 Å². The molecular formula is C32H39ClN6O4. The lowest BCUT2D eigenvalue weighted by Gasteiger charge is -2.34. The molecule has 11 heteroatoms. The van der Waals surface area contributed by atoms with Crippen LogP contribution in [0.3, 0.4) is 0 Å². The molecule has 1 saturated carbocycles. The molecule has 1 N–H and O–H groups in total. The Morgan fingerprint density at radius 1 is 1.14 bits per heavy atom. The maximum absolute atomic E-state index is 13.3. The van der Waals surface area contributed by atoms with Gasteiger partial charge in [0.15, 0.2) is 0 Å². The van der Waals surface area contributed by atoms with Crippen LogP contribution in [0.4, 0.5) is 5.95 Å². The molecule has 1 saturated heterocycles. The summed E-state index contributed by atoms with van der Waals surface area (Å²) in [5, 5.41) is 3.46. The molecule has 1 aliphatic heterocycles. The average Bonchev–Trinajstić information content (AvgIpc) is 3.17. The van der Waals surface area contributed by atoms with Gasteiger partial charge in [0.2, 0.25) is 17.8 Å².